The molecule has 144 heavy (non-hydrogen) atoms. The Morgan fingerprint density at radius 2 is 0.549 bits per heavy atom. The molecule has 21 amide bonds. The van der Waals surface area contributed by atoms with Crippen LogP contribution in [0.4, 0.5) is 13.2 Å². The topological polar surface area (TPSA) is 813 Å². The molecule has 0 aliphatic heterocycles. The van der Waals surface area contributed by atoms with Crippen molar-refractivity contribution in [2.24, 2.45) is 64.0 Å². The van der Waals surface area contributed by atoms with Crippen molar-refractivity contribution < 1.29 is 129 Å². The molecule has 0 spiro atoms. The van der Waals surface area contributed by atoms with Crippen molar-refractivity contribution in [3.63, 3.8) is 0 Å². The molecule has 0 heterocycles. The first kappa shape index (κ1) is 134. The summed E-state index contributed by atoms with van der Waals surface area (Å²) in [4.78, 5) is 293. The molecule has 0 aromatic heterocycles. The Labute approximate surface area is 843 Å². The third kappa shape index (κ3) is 54.3. The number of halogens is 3. The maximum absolute atomic E-state index is 14.3. The summed E-state index contributed by atoms with van der Waals surface area (Å²) >= 11 is 1.41. The van der Waals surface area contributed by atoms with Gasteiger partial charge in [-0.2, -0.15) is 24.9 Å². The molecule has 0 aromatic rings. The van der Waals surface area contributed by atoms with Crippen LogP contribution in [0.5, 0.6) is 0 Å². The van der Waals surface area contributed by atoms with Crippen LogP contribution in [0.15, 0.2) is 0 Å². The Hall–Kier alpha value is -11.8. The number of aliphatic carboxylic acids is 1. The fourth-order valence-electron chi connectivity index (χ4n) is 13.4. The van der Waals surface area contributed by atoms with Crippen molar-refractivity contribution in [2.75, 3.05) is 64.4 Å². The number of primary amides is 1. The van der Waals surface area contributed by atoms with Crippen molar-refractivity contribution in [1.82, 2.24) is 106 Å². The fourth-order valence-corrected chi connectivity index (χ4v) is 13.8. The molecule has 0 unspecified atom stereocenters. The molecule has 34 N–H and O–H groups in total. The van der Waals surface area contributed by atoms with Crippen LogP contribution in [-0.2, 0) is 105 Å². The number of aliphatic hydroxyl groups is 1. The number of carboxylic acids is 1. The number of alkyl halides is 3. The minimum atomic E-state index is -5.08. The van der Waals surface area contributed by atoms with Crippen LogP contribution in [0.2, 0.25) is 0 Å². The van der Waals surface area contributed by atoms with Crippen LogP contribution in [-0.4, -0.2) is 320 Å². The van der Waals surface area contributed by atoms with Crippen LogP contribution in [0.25, 0.3) is 0 Å². The van der Waals surface area contributed by atoms with E-state index in [9.17, 15) is 119 Å². The van der Waals surface area contributed by atoms with Gasteiger partial charge in [0.05, 0.1) is 26.2 Å². The predicted octanol–water partition coefficient (Wildman–Crippen LogP) is -6.74. The van der Waals surface area contributed by atoms with Gasteiger partial charge in [-0.1, -0.05) is 82.1 Å². The molecule has 0 saturated heterocycles. The lowest BCUT2D eigenvalue weighted by molar-refractivity contribution is -0.192. The van der Waals surface area contributed by atoms with Gasteiger partial charge in [0, 0.05) is 0 Å². The van der Waals surface area contributed by atoms with Gasteiger partial charge in [-0.25, -0.2) is 4.79 Å². The number of rotatable bonds is 70. The van der Waals surface area contributed by atoms with Gasteiger partial charge in [-0.3, -0.25) is 101 Å². The fraction of sp³-hybridized carbons (Fsp3) is 0.756. The number of nitrogens with two attached hydrogens (primary N) is 6. The first-order valence-electron chi connectivity index (χ1n) is 48.5. The number of hydrogen-bond donors (Lipinski definition) is 28. The average Bonchev–Trinajstić information content (AvgIpc) is 0.842. The normalized spacial score (nSPS) is 15.4. The second-order valence-corrected chi connectivity index (χ2v) is 37.4. The van der Waals surface area contributed by atoms with Gasteiger partial charge in [0.2, 0.25) is 124 Å². The molecule has 0 radical (unpaired) electrons. The van der Waals surface area contributed by atoms with Gasteiger partial charge < -0.3 is 151 Å². The monoisotopic (exact) mass is 2080 g/mol. The van der Waals surface area contributed by atoms with Gasteiger partial charge in [-0.15, -0.1) is 0 Å². The molecule has 0 aliphatic carbocycles. The molecule has 0 bridgehead atoms. The van der Waals surface area contributed by atoms with Crippen molar-refractivity contribution in [3.05, 3.63) is 0 Å². The largest absolute Gasteiger partial charge is 0.490 e. The van der Waals surface area contributed by atoms with Crippen LogP contribution in [0.3, 0.4) is 0 Å². The van der Waals surface area contributed by atoms with Crippen molar-refractivity contribution in [2.45, 2.75) is 342 Å². The number of thioether (sulfide) groups is 1. The molecule has 54 heteroatoms. The number of amides is 21. The SMILES string of the molecule is CC[C@H](C)[C@H](NC(=O)[C@H](C)NC(=O)CNC(=O)[C@H](C)NC(=O)[C@H](CCCCN)NC(=O)[C@H](CO)NC(=O)[C@H](C)NC(=O)[C@H](CCSC)NC(=O)CN)C(=O)N[C@@H](C)C(=O)NCC(=O)N[C@@H](CCCCN)C(=O)N[C@H](C(=O)N[C@@H](C)C(=O)N[C@@H](CCCCN)C(=O)N[C@H](C(=O)N[C@@H](C)C(=O)N[C@@H](CC(C)C)C(=O)N[C@@H](CCCCN)C(=O)N[C@@H](C)C(=O)N[C@@H](CC(C)C)C(N)=O)C(C)C)[C@@H](C)CC.O=C(O)C(F)(F)F. The maximum atomic E-state index is 14.3. The van der Waals surface area contributed by atoms with Gasteiger partial charge >= 0.3 is 12.1 Å². The van der Waals surface area contributed by atoms with E-state index in [4.69, 9.17) is 44.3 Å². The second-order valence-electron chi connectivity index (χ2n) is 36.5. The lowest BCUT2D eigenvalue weighted by Crippen LogP contribution is -2.61. The Morgan fingerprint density at radius 1 is 0.299 bits per heavy atom. The molecule has 0 fully saturated rings. The van der Waals surface area contributed by atoms with Gasteiger partial charge in [-0.05, 0) is 213 Å². The lowest BCUT2D eigenvalue weighted by Gasteiger charge is -2.29. The number of carbonyl (C=O) groups excluding carboxylic acids is 21. The van der Waals surface area contributed by atoms with Crippen molar-refractivity contribution >= 4 is 142 Å². The molecule has 824 valence electrons. The molecule has 20 atom stereocenters. The third-order valence-electron chi connectivity index (χ3n) is 22.5. The number of aliphatic hydroxyl groups excluding tert-OH is 1. The van der Waals surface area contributed by atoms with Crippen molar-refractivity contribution in [1.29, 1.82) is 0 Å². The Kier molecular flexibility index (Phi) is 66.8. The van der Waals surface area contributed by atoms with Gasteiger partial charge in [0.1, 0.15) is 109 Å². The first-order chi connectivity index (χ1) is 67.3. The van der Waals surface area contributed by atoms with E-state index in [2.05, 4.69) is 106 Å². The van der Waals surface area contributed by atoms with Crippen molar-refractivity contribution in [3.8, 4) is 0 Å². The standard InChI is InChI=1S/C88H162N26O22S.C2HF3O2/c1-19-48(9)69(113-78(126)52(13)97-66(117)42-95-72(120)50(11)98-79(127)59(31-23-27-36-91)108-85(133)64(44-115)111-77(125)54(15)100-81(129)61(33-38-137-18)104-65(116)41-93)87(135)101-51(12)73(121)96-43-67(118)105-57(29-21-25-34-89)82(130)114-70(49(10)20-2)88(136)103-55(16)74(122)106-60(32-24-28-37-92)83(131)112-68(47(7)8)86(134)102-56(17)76(124)110-63(40-46(5)6)84(132)107-58(30-22-26-35-90)80(128)99-53(14)75(123)109-62(71(94)119)39-45(3)4;3-2(4,5)1(6)7/h45-64,68-70,115H,19-44,89-93H2,1-18H3,(H2,94,119)(H,95,120)(H,96,121)(H,97,117)(H,98,127)(H,99,128)(H,100,129)(H,101,135)(H,102,134)(H,103,136)(H,104,116)(H,105,118)(H,106,122)(H,107,132)(H,108,133)(H,109,123)(H,110,124)(H,111,125)(H,112,131)(H,113,126)(H,114,130);(H,6,7)/t48-,49-,50-,51-,52-,53-,54-,55-,56-,57-,58-,59-,60-,61-,62-,63-,64-,68-,69-,70-;/m0./s1. The summed E-state index contributed by atoms with van der Waals surface area (Å²) in [6.07, 6.45) is 0.995. The number of nitrogens with one attached hydrogen (secondary N) is 20. The van der Waals surface area contributed by atoms with E-state index in [0.29, 0.717) is 70.0 Å². The molecule has 0 saturated carbocycles. The minimum Gasteiger partial charge on any atom is -0.475 e. The van der Waals surface area contributed by atoms with E-state index < -0.39 is 282 Å². The zero-order valence-electron chi connectivity index (χ0n) is 86.0. The summed E-state index contributed by atoms with van der Waals surface area (Å²) in [7, 11) is 0. The first-order valence-corrected chi connectivity index (χ1v) is 49.9. The van der Waals surface area contributed by atoms with Gasteiger partial charge in [0.15, 0.2) is 0 Å². The highest BCUT2D eigenvalue weighted by Gasteiger charge is 2.41. The van der Waals surface area contributed by atoms with E-state index in [1.807, 2.05) is 13.8 Å². The lowest BCUT2D eigenvalue weighted by atomic mass is 9.97. The number of carboxylic acid groups (broad SMARTS) is 1. The van der Waals surface area contributed by atoms with E-state index in [0.717, 1.165) is 0 Å². The number of unbranched alkanes of at least 4 members (excludes halogenated alkanes) is 4. The third-order valence-corrected chi connectivity index (χ3v) is 23.2. The van der Waals surface area contributed by atoms with Crippen LogP contribution < -0.4 is 141 Å². The molecular formula is C90H163F3N26O24S. The van der Waals surface area contributed by atoms with E-state index in [1.165, 1.54) is 60.2 Å². The molecule has 0 rings (SSSR count). The Bertz CT molecular complexity index is 4170. The summed E-state index contributed by atoms with van der Waals surface area (Å²) < 4.78 is 31.7. The van der Waals surface area contributed by atoms with Crippen LogP contribution in [0, 0.1) is 29.6 Å². The van der Waals surface area contributed by atoms with Crippen LogP contribution in [0.1, 0.15) is 227 Å². The van der Waals surface area contributed by atoms with Gasteiger partial charge in [0.25, 0.3) is 0 Å². The Balaban J connectivity index is 0. The smallest absolute Gasteiger partial charge is 0.475 e. The summed E-state index contributed by atoms with van der Waals surface area (Å²) in [6, 6.07) is -23.2. The van der Waals surface area contributed by atoms with E-state index in [1.54, 1.807) is 61.6 Å². The van der Waals surface area contributed by atoms with E-state index in [-0.39, 0.29) is 89.5 Å². The Morgan fingerprint density at radius 3 is 0.868 bits per heavy atom. The highest BCUT2D eigenvalue weighted by atomic mass is 32.2. The summed E-state index contributed by atoms with van der Waals surface area (Å²) in [5.74, 6) is -21.4. The highest BCUT2D eigenvalue weighted by molar-refractivity contribution is 7.98. The minimum absolute atomic E-state index is 0.000966. The number of carbonyl (C=O) groups is 22. The summed E-state index contributed by atoms with van der Waals surface area (Å²) in [5.41, 5.74) is 33.9. The zero-order chi connectivity index (χ0) is 111. The maximum Gasteiger partial charge on any atom is 0.490 e. The van der Waals surface area contributed by atoms with E-state index >= 15 is 0 Å². The number of hydrogen-bond acceptors (Lipinski definition) is 29. The van der Waals surface area contributed by atoms with Crippen LogP contribution >= 0.6 is 11.8 Å². The molecule has 50 nitrogen and oxygen atoms in total. The summed E-state index contributed by atoms with van der Waals surface area (Å²) in [5, 5.41) is 68.0. The zero-order valence-corrected chi connectivity index (χ0v) is 86.9. The summed E-state index contributed by atoms with van der Waals surface area (Å²) in [6.45, 7) is 24.7. The molecular weight excluding hydrogens is 1920 g/mol. The molecule has 0 aliphatic rings. The quantitative estimate of drug-likeness (QED) is 0.0252. The highest BCUT2D eigenvalue weighted by Crippen LogP contribution is 2.18. The molecule has 0 aromatic carbocycles. The predicted molar refractivity (Wildman–Crippen MR) is 527 cm³/mol. The second kappa shape index (κ2) is 71.7. The average molecular weight is 2080 g/mol.